The topological polar surface area (TPSA) is 46.3 Å². The molecule has 1 unspecified atom stereocenters. The van der Waals surface area contributed by atoms with Crippen molar-refractivity contribution in [3.8, 4) is 0 Å². The van der Waals surface area contributed by atoms with Crippen LogP contribution < -0.4 is 0 Å². The first-order valence-electron chi connectivity index (χ1n) is 4.59. The summed E-state index contributed by atoms with van der Waals surface area (Å²) < 4.78 is 5.11. The van der Waals surface area contributed by atoms with Gasteiger partial charge >= 0.3 is 0 Å². The molecule has 0 spiro atoms. The smallest absolute Gasteiger partial charge is 0.193 e. The van der Waals surface area contributed by atoms with Crippen LogP contribution in [0.1, 0.15) is 17.6 Å². The molecule has 15 heavy (non-hydrogen) atoms. The van der Waals surface area contributed by atoms with Crippen LogP contribution in [0.3, 0.4) is 0 Å². The SMILES string of the molecule is OC(Cc1ccccn1)c1ccc(Cl)o1. The molecule has 0 amide bonds. The van der Waals surface area contributed by atoms with Crippen molar-refractivity contribution in [1.82, 2.24) is 4.98 Å². The molecule has 0 radical (unpaired) electrons. The maximum atomic E-state index is 9.79. The van der Waals surface area contributed by atoms with Gasteiger partial charge in [0.15, 0.2) is 5.22 Å². The van der Waals surface area contributed by atoms with E-state index in [2.05, 4.69) is 4.98 Å². The fraction of sp³-hybridized carbons (Fsp3) is 0.182. The van der Waals surface area contributed by atoms with Crippen molar-refractivity contribution in [2.75, 3.05) is 0 Å². The summed E-state index contributed by atoms with van der Waals surface area (Å²) in [5.74, 6) is 0.464. The van der Waals surface area contributed by atoms with Crippen LogP contribution in [0.2, 0.25) is 5.22 Å². The molecule has 3 nitrogen and oxygen atoms in total. The largest absolute Gasteiger partial charge is 0.447 e. The van der Waals surface area contributed by atoms with E-state index in [0.717, 1.165) is 5.69 Å². The molecular formula is C11H10ClNO2. The molecule has 2 rings (SSSR count). The van der Waals surface area contributed by atoms with Crippen LogP contribution in [0.5, 0.6) is 0 Å². The Hall–Kier alpha value is -1.32. The fourth-order valence-electron chi connectivity index (χ4n) is 1.32. The third-order valence-corrected chi connectivity index (χ3v) is 2.25. The van der Waals surface area contributed by atoms with Gasteiger partial charge in [-0.3, -0.25) is 4.98 Å². The number of furan rings is 1. The van der Waals surface area contributed by atoms with Crippen molar-refractivity contribution in [2.45, 2.75) is 12.5 Å². The van der Waals surface area contributed by atoms with E-state index in [1.54, 1.807) is 18.3 Å². The van der Waals surface area contributed by atoms with E-state index in [9.17, 15) is 5.11 Å². The van der Waals surface area contributed by atoms with Crippen molar-refractivity contribution in [3.05, 3.63) is 53.2 Å². The van der Waals surface area contributed by atoms with Crippen molar-refractivity contribution >= 4 is 11.6 Å². The number of pyridine rings is 1. The lowest BCUT2D eigenvalue weighted by atomic mass is 10.1. The van der Waals surface area contributed by atoms with E-state index in [4.69, 9.17) is 16.0 Å². The molecule has 4 heteroatoms. The van der Waals surface area contributed by atoms with E-state index in [1.807, 2.05) is 18.2 Å². The molecule has 1 N–H and O–H groups in total. The molecule has 2 heterocycles. The number of aliphatic hydroxyl groups is 1. The van der Waals surface area contributed by atoms with Gasteiger partial charge in [-0.1, -0.05) is 6.07 Å². The van der Waals surface area contributed by atoms with Gasteiger partial charge in [0.05, 0.1) is 0 Å². The summed E-state index contributed by atoms with van der Waals surface area (Å²) >= 11 is 5.61. The van der Waals surface area contributed by atoms with E-state index >= 15 is 0 Å². The molecule has 0 aromatic carbocycles. The van der Waals surface area contributed by atoms with Crippen LogP contribution in [0.25, 0.3) is 0 Å². The second-order valence-corrected chi connectivity index (χ2v) is 3.56. The molecule has 0 saturated heterocycles. The number of aliphatic hydroxyl groups excluding tert-OH is 1. The van der Waals surface area contributed by atoms with Crippen molar-refractivity contribution in [2.24, 2.45) is 0 Å². The first-order chi connectivity index (χ1) is 7.25. The molecule has 0 fully saturated rings. The lowest BCUT2D eigenvalue weighted by molar-refractivity contribution is 0.149. The molecule has 1 atom stereocenters. The average Bonchev–Trinajstić information content (AvgIpc) is 2.66. The molecule has 0 aliphatic heterocycles. The Morgan fingerprint density at radius 1 is 1.33 bits per heavy atom. The van der Waals surface area contributed by atoms with E-state index in [-0.39, 0.29) is 5.22 Å². The van der Waals surface area contributed by atoms with Crippen LogP contribution in [-0.2, 0) is 6.42 Å². The zero-order valence-electron chi connectivity index (χ0n) is 7.93. The van der Waals surface area contributed by atoms with Crippen molar-refractivity contribution in [3.63, 3.8) is 0 Å². The lowest BCUT2D eigenvalue weighted by Gasteiger charge is -2.06. The third kappa shape index (κ3) is 2.58. The number of nitrogens with zero attached hydrogens (tertiary/aromatic N) is 1. The van der Waals surface area contributed by atoms with Crippen molar-refractivity contribution < 1.29 is 9.52 Å². The minimum absolute atomic E-state index is 0.282. The summed E-state index contributed by atoms with van der Waals surface area (Å²) in [5.41, 5.74) is 0.817. The first kappa shape index (κ1) is 10.2. The highest BCUT2D eigenvalue weighted by molar-refractivity contribution is 6.28. The minimum atomic E-state index is -0.701. The number of halogens is 1. The highest BCUT2D eigenvalue weighted by atomic mass is 35.5. The van der Waals surface area contributed by atoms with Crippen LogP contribution in [0.15, 0.2) is 40.9 Å². The van der Waals surface area contributed by atoms with Gasteiger partial charge in [0, 0.05) is 18.3 Å². The summed E-state index contributed by atoms with van der Waals surface area (Å²) in [7, 11) is 0. The second-order valence-electron chi connectivity index (χ2n) is 3.18. The van der Waals surface area contributed by atoms with Gasteiger partial charge in [-0.15, -0.1) is 0 Å². The quantitative estimate of drug-likeness (QED) is 0.870. The number of hydrogen-bond donors (Lipinski definition) is 1. The molecule has 0 bridgehead atoms. The van der Waals surface area contributed by atoms with Gasteiger partial charge in [0.25, 0.3) is 0 Å². The maximum Gasteiger partial charge on any atom is 0.193 e. The van der Waals surface area contributed by atoms with Crippen LogP contribution in [0, 0.1) is 0 Å². The maximum absolute atomic E-state index is 9.79. The lowest BCUT2D eigenvalue weighted by Crippen LogP contribution is -2.01. The zero-order valence-corrected chi connectivity index (χ0v) is 8.69. The third-order valence-electron chi connectivity index (χ3n) is 2.05. The Bertz CT molecular complexity index is 427. The van der Waals surface area contributed by atoms with Gasteiger partial charge in [0.1, 0.15) is 11.9 Å². The Morgan fingerprint density at radius 3 is 2.80 bits per heavy atom. The average molecular weight is 224 g/mol. The Labute approximate surface area is 92.3 Å². The van der Waals surface area contributed by atoms with E-state index in [1.165, 1.54) is 0 Å². The zero-order chi connectivity index (χ0) is 10.7. The van der Waals surface area contributed by atoms with Gasteiger partial charge in [-0.2, -0.15) is 0 Å². The van der Waals surface area contributed by atoms with Crippen LogP contribution in [0.4, 0.5) is 0 Å². The molecule has 78 valence electrons. The monoisotopic (exact) mass is 223 g/mol. The van der Waals surface area contributed by atoms with Crippen LogP contribution in [-0.4, -0.2) is 10.1 Å². The molecule has 0 aliphatic carbocycles. The van der Waals surface area contributed by atoms with Gasteiger partial charge in [0.2, 0.25) is 0 Å². The minimum Gasteiger partial charge on any atom is -0.447 e. The number of hydrogen-bond acceptors (Lipinski definition) is 3. The first-order valence-corrected chi connectivity index (χ1v) is 4.97. The predicted octanol–water partition coefficient (Wildman–Crippen LogP) is 2.60. The van der Waals surface area contributed by atoms with Gasteiger partial charge < -0.3 is 9.52 Å². The Morgan fingerprint density at radius 2 is 2.20 bits per heavy atom. The summed E-state index contributed by atoms with van der Waals surface area (Å²) in [5, 5.41) is 10.1. The van der Waals surface area contributed by atoms with Crippen LogP contribution >= 0.6 is 11.6 Å². The fourth-order valence-corrected chi connectivity index (χ4v) is 1.48. The summed E-state index contributed by atoms with van der Waals surface area (Å²) in [4.78, 5) is 4.12. The summed E-state index contributed by atoms with van der Waals surface area (Å²) in [6.07, 6.45) is 1.41. The van der Waals surface area contributed by atoms with Gasteiger partial charge in [-0.05, 0) is 35.9 Å². The molecular weight excluding hydrogens is 214 g/mol. The standard InChI is InChI=1S/C11H10ClNO2/c12-11-5-4-10(15-11)9(14)7-8-3-1-2-6-13-8/h1-6,9,14H,7H2. The second kappa shape index (κ2) is 4.47. The molecule has 2 aromatic rings. The highest BCUT2D eigenvalue weighted by Crippen LogP contribution is 2.22. The number of rotatable bonds is 3. The predicted molar refractivity (Wildman–Crippen MR) is 56.6 cm³/mol. The summed E-state index contributed by atoms with van der Waals surface area (Å²) in [6, 6.07) is 8.84. The number of aromatic nitrogens is 1. The van der Waals surface area contributed by atoms with E-state index < -0.39 is 6.10 Å². The molecule has 0 aliphatic rings. The van der Waals surface area contributed by atoms with Gasteiger partial charge in [-0.25, -0.2) is 0 Å². The van der Waals surface area contributed by atoms with E-state index in [0.29, 0.717) is 12.2 Å². The Kier molecular flexibility index (Phi) is 3.04. The molecule has 2 aromatic heterocycles. The summed E-state index contributed by atoms with van der Waals surface area (Å²) in [6.45, 7) is 0. The van der Waals surface area contributed by atoms with Crippen molar-refractivity contribution in [1.29, 1.82) is 0 Å². The normalized spacial score (nSPS) is 12.7. The Balaban J connectivity index is 2.07. The molecule has 0 saturated carbocycles. The highest BCUT2D eigenvalue weighted by Gasteiger charge is 2.12.